The Morgan fingerprint density at radius 2 is 1.11 bits per heavy atom. The number of thiophene rings is 1. The molecular weight excluding hydrogens is 557 g/mol. The summed E-state index contributed by atoms with van der Waals surface area (Å²) in [5, 5.41) is 3.71. The number of benzene rings is 4. The maximum absolute atomic E-state index is 5.13. The van der Waals surface area contributed by atoms with E-state index in [9.17, 15) is 0 Å². The average molecular weight is 581 g/mol. The highest BCUT2D eigenvalue weighted by Crippen LogP contribution is 2.41. The third kappa shape index (κ3) is 4.02. The highest BCUT2D eigenvalue weighted by atomic mass is 32.1. The molecule has 0 radical (unpaired) electrons. The van der Waals surface area contributed by atoms with Crippen LogP contribution in [0.25, 0.3) is 81.2 Å². The van der Waals surface area contributed by atoms with Crippen molar-refractivity contribution in [2.75, 3.05) is 0 Å². The summed E-state index contributed by atoms with van der Waals surface area (Å²) in [5.74, 6) is 0. The second-order valence-corrected chi connectivity index (χ2v) is 12.1. The van der Waals surface area contributed by atoms with Gasteiger partial charge in [-0.15, -0.1) is 11.3 Å². The standard InChI is InChI=1S/C39H24N4S/c1-2-6-25(7-3-1)30-21-36-39(42-24-30)34-22-33-32-8-4-5-9-37(32)44-38(33)23-35(34)43(36)31-19-28(26-10-14-40-15-11-26)18-29(20-31)27-12-16-41-17-13-27/h1-24H. The Kier molecular flexibility index (Phi) is 5.64. The first-order chi connectivity index (χ1) is 21.8. The number of pyridine rings is 3. The molecule has 9 aromatic rings. The van der Waals surface area contributed by atoms with Crippen LogP contribution in [0.15, 0.2) is 146 Å². The number of fused-ring (bicyclic) bond motifs is 6. The number of nitrogens with zero attached hydrogens (tertiary/aromatic N) is 4. The van der Waals surface area contributed by atoms with Gasteiger partial charge in [0.1, 0.15) is 0 Å². The minimum atomic E-state index is 0.997. The zero-order chi connectivity index (χ0) is 29.0. The zero-order valence-electron chi connectivity index (χ0n) is 23.6. The van der Waals surface area contributed by atoms with Gasteiger partial charge in [-0.25, -0.2) is 0 Å². The van der Waals surface area contributed by atoms with E-state index in [4.69, 9.17) is 4.98 Å². The molecule has 44 heavy (non-hydrogen) atoms. The van der Waals surface area contributed by atoms with Crippen molar-refractivity contribution < 1.29 is 0 Å². The lowest BCUT2D eigenvalue weighted by atomic mass is 9.99. The minimum Gasteiger partial charge on any atom is -0.308 e. The fourth-order valence-electron chi connectivity index (χ4n) is 6.33. The fourth-order valence-corrected chi connectivity index (χ4v) is 7.45. The molecule has 0 aliphatic rings. The van der Waals surface area contributed by atoms with E-state index in [1.807, 2.05) is 42.3 Å². The van der Waals surface area contributed by atoms with Crippen molar-refractivity contribution in [2.24, 2.45) is 0 Å². The molecule has 0 saturated heterocycles. The maximum atomic E-state index is 5.13. The SMILES string of the molecule is c1ccc(-c2cnc3c4cc5c(cc4n(-c4cc(-c6ccncc6)cc(-c6ccncc6)c4)c3c2)sc2ccccc25)cc1. The van der Waals surface area contributed by atoms with E-state index in [1.54, 1.807) is 0 Å². The van der Waals surface area contributed by atoms with Crippen molar-refractivity contribution in [3.63, 3.8) is 0 Å². The Bertz CT molecular complexity index is 2420. The molecule has 9 rings (SSSR count). The third-order valence-electron chi connectivity index (χ3n) is 8.41. The molecule has 0 aliphatic carbocycles. The van der Waals surface area contributed by atoms with Gasteiger partial charge >= 0.3 is 0 Å². The summed E-state index contributed by atoms with van der Waals surface area (Å²) < 4.78 is 4.96. The van der Waals surface area contributed by atoms with Gasteiger partial charge < -0.3 is 4.57 Å². The molecule has 4 nitrogen and oxygen atoms in total. The Hall–Kier alpha value is -5.65. The van der Waals surface area contributed by atoms with Gasteiger partial charge in [-0.1, -0.05) is 48.5 Å². The van der Waals surface area contributed by atoms with Gasteiger partial charge in [0, 0.05) is 67.8 Å². The minimum absolute atomic E-state index is 0.997. The molecule has 0 spiro atoms. The summed E-state index contributed by atoms with van der Waals surface area (Å²) in [6, 6.07) is 41.2. The molecule has 0 N–H and O–H groups in total. The van der Waals surface area contributed by atoms with E-state index in [-0.39, 0.29) is 0 Å². The molecule has 0 atom stereocenters. The summed E-state index contributed by atoms with van der Waals surface area (Å²) in [5.41, 5.74) is 11.0. The van der Waals surface area contributed by atoms with Crippen LogP contribution in [0.4, 0.5) is 0 Å². The van der Waals surface area contributed by atoms with Crippen LogP contribution in [0.5, 0.6) is 0 Å². The molecule has 206 valence electrons. The molecule has 5 heteroatoms. The first kappa shape index (κ1) is 24.9. The van der Waals surface area contributed by atoms with Crippen LogP contribution in [-0.4, -0.2) is 19.5 Å². The molecule has 0 saturated carbocycles. The Morgan fingerprint density at radius 3 is 1.84 bits per heavy atom. The van der Waals surface area contributed by atoms with Crippen LogP contribution < -0.4 is 0 Å². The fraction of sp³-hybridized carbons (Fsp3) is 0. The summed E-state index contributed by atoms with van der Waals surface area (Å²) in [6.07, 6.45) is 9.41. The summed E-state index contributed by atoms with van der Waals surface area (Å²) in [4.78, 5) is 13.7. The summed E-state index contributed by atoms with van der Waals surface area (Å²) in [7, 11) is 0. The van der Waals surface area contributed by atoms with Crippen LogP contribution >= 0.6 is 11.3 Å². The van der Waals surface area contributed by atoms with E-state index in [1.165, 1.54) is 20.2 Å². The zero-order valence-corrected chi connectivity index (χ0v) is 24.4. The van der Waals surface area contributed by atoms with Gasteiger partial charge in [0.2, 0.25) is 0 Å². The summed E-state index contributed by atoms with van der Waals surface area (Å²) >= 11 is 1.84. The largest absolute Gasteiger partial charge is 0.308 e. The molecular formula is C39H24N4S. The number of hydrogen-bond acceptors (Lipinski definition) is 4. The van der Waals surface area contributed by atoms with Crippen molar-refractivity contribution >= 4 is 53.4 Å². The third-order valence-corrected chi connectivity index (χ3v) is 9.54. The van der Waals surface area contributed by atoms with Crippen molar-refractivity contribution in [3.8, 4) is 39.1 Å². The first-order valence-electron chi connectivity index (χ1n) is 14.6. The lowest BCUT2D eigenvalue weighted by Crippen LogP contribution is -1.96. The maximum Gasteiger partial charge on any atom is 0.0964 e. The highest BCUT2D eigenvalue weighted by Gasteiger charge is 2.19. The Morgan fingerprint density at radius 1 is 0.455 bits per heavy atom. The molecule has 5 heterocycles. The topological polar surface area (TPSA) is 43.6 Å². The Balaban J connectivity index is 1.40. The molecule has 0 bridgehead atoms. The Labute approximate surface area is 257 Å². The van der Waals surface area contributed by atoms with Gasteiger partial charge in [0.25, 0.3) is 0 Å². The van der Waals surface area contributed by atoms with Crippen LogP contribution in [0.2, 0.25) is 0 Å². The molecule has 0 aliphatic heterocycles. The normalized spacial score (nSPS) is 11.6. The van der Waals surface area contributed by atoms with Crippen molar-refractivity contribution in [1.82, 2.24) is 19.5 Å². The second kappa shape index (κ2) is 9.97. The van der Waals surface area contributed by atoms with E-state index in [2.05, 4.69) is 130 Å². The van der Waals surface area contributed by atoms with Gasteiger partial charge in [0.15, 0.2) is 0 Å². The van der Waals surface area contributed by atoms with Gasteiger partial charge in [-0.3, -0.25) is 15.0 Å². The van der Waals surface area contributed by atoms with Crippen molar-refractivity contribution in [2.45, 2.75) is 0 Å². The highest BCUT2D eigenvalue weighted by molar-refractivity contribution is 7.25. The van der Waals surface area contributed by atoms with Crippen LogP contribution in [0.1, 0.15) is 0 Å². The smallest absolute Gasteiger partial charge is 0.0964 e. The van der Waals surface area contributed by atoms with Gasteiger partial charge in [-0.05, 0) is 94.5 Å². The molecule has 4 aromatic carbocycles. The molecule has 5 aromatic heterocycles. The van der Waals surface area contributed by atoms with E-state index >= 15 is 0 Å². The predicted octanol–water partition coefficient (Wildman–Crippen LogP) is 10.3. The number of aromatic nitrogens is 4. The summed E-state index contributed by atoms with van der Waals surface area (Å²) in [6.45, 7) is 0. The number of hydrogen-bond donors (Lipinski definition) is 0. The van der Waals surface area contributed by atoms with E-state index < -0.39 is 0 Å². The van der Waals surface area contributed by atoms with Crippen molar-refractivity contribution in [1.29, 1.82) is 0 Å². The molecule has 0 amide bonds. The van der Waals surface area contributed by atoms with Gasteiger partial charge in [-0.2, -0.15) is 0 Å². The molecule has 0 fully saturated rings. The quantitative estimate of drug-likeness (QED) is 0.208. The van der Waals surface area contributed by atoms with Crippen LogP contribution in [0, 0.1) is 0 Å². The number of rotatable bonds is 4. The second-order valence-electron chi connectivity index (χ2n) is 11.0. The van der Waals surface area contributed by atoms with E-state index in [0.717, 1.165) is 61.0 Å². The van der Waals surface area contributed by atoms with Crippen LogP contribution in [0.3, 0.4) is 0 Å². The average Bonchev–Trinajstić information content (AvgIpc) is 3.62. The van der Waals surface area contributed by atoms with E-state index in [0.29, 0.717) is 0 Å². The lowest BCUT2D eigenvalue weighted by Gasteiger charge is -2.14. The predicted molar refractivity (Wildman–Crippen MR) is 183 cm³/mol. The monoisotopic (exact) mass is 580 g/mol. The lowest BCUT2D eigenvalue weighted by molar-refractivity contribution is 1.18. The van der Waals surface area contributed by atoms with Crippen molar-refractivity contribution in [3.05, 3.63) is 146 Å². The first-order valence-corrected chi connectivity index (χ1v) is 15.4. The molecule has 0 unspecified atom stereocenters. The van der Waals surface area contributed by atoms with Gasteiger partial charge in [0.05, 0.1) is 16.6 Å². The van der Waals surface area contributed by atoms with Crippen LogP contribution in [-0.2, 0) is 0 Å².